The quantitative estimate of drug-likeness (QED) is 0.813. The summed E-state index contributed by atoms with van der Waals surface area (Å²) in [6, 6.07) is 6.35. The molecule has 0 bridgehead atoms. The lowest BCUT2D eigenvalue weighted by molar-refractivity contribution is 0.102. The van der Waals surface area contributed by atoms with E-state index >= 15 is 0 Å². The van der Waals surface area contributed by atoms with Crippen LogP contribution >= 0.6 is 11.6 Å². The second kappa shape index (κ2) is 7.30. The summed E-state index contributed by atoms with van der Waals surface area (Å²) >= 11 is 5.63. The van der Waals surface area contributed by atoms with Crippen molar-refractivity contribution >= 4 is 33.2 Å². The standard InChI is InChI=1S/C17H17ClF2N2O3S/c1-17(2,3)22-26(24,25)11-5-7-14(19)12(9-11)16(23)21-10-4-6-15(20)13(18)8-10/h4-9,22H,1-3H3,(H,21,23). The van der Waals surface area contributed by atoms with Crippen molar-refractivity contribution in [2.24, 2.45) is 0 Å². The number of hydrogen-bond donors (Lipinski definition) is 2. The third kappa shape index (κ3) is 5.00. The topological polar surface area (TPSA) is 75.3 Å². The number of carbonyl (C=O) groups excluding carboxylic acids is 1. The van der Waals surface area contributed by atoms with Gasteiger partial charge in [0.25, 0.3) is 5.91 Å². The van der Waals surface area contributed by atoms with E-state index in [0.717, 1.165) is 30.3 Å². The Labute approximate surface area is 155 Å². The number of halogens is 3. The Hall–Kier alpha value is -2.03. The molecule has 9 heteroatoms. The third-order valence-corrected chi connectivity index (χ3v) is 5.16. The first kappa shape index (κ1) is 20.3. The van der Waals surface area contributed by atoms with Crippen LogP contribution in [0.1, 0.15) is 31.1 Å². The molecule has 0 aliphatic carbocycles. The highest BCUT2D eigenvalue weighted by atomic mass is 35.5. The normalized spacial score (nSPS) is 12.1. The fraction of sp³-hybridized carbons (Fsp3) is 0.235. The predicted octanol–water partition coefficient (Wildman–Crippen LogP) is 3.95. The predicted molar refractivity (Wildman–Crippen MR) is 95.8 cm³/mol. The zero-order valence-corrected chi connectivity index (χ0v) is 15.8. The van der Waals surface area contributed by atoms with Gasteiger partial charge in [-0.15, -0.1) is 0 Å². The van der Waals surface area contributed by atoms with Gasteiger partial charge in [-0.25, -0.2) is 21.9 Å². The minimum atomic E-state index is -3.94. The van der Waals surface area contributed by atoms with Crippen LogP contribution in [0.4, 0.5) is 14.5 Å². The van der Waals surface area contributed by atoms with E-state index in [1.807, 2.05) is 0 Å². The second-order valence-electron chi connectivity index (χ2n) is 6.58. The van der Waals surface area contributed by atoms with Gasteiger partial charge in [0.2, 0.25) is 10.0 Å². The van der Waals surface area contributed by atoms with E-state index in [4.69, 9.17) is 11.6 Å². The molecule has 0 spiro atoms. The first-order valence-electron chi connectivity index (χ1n) is 7.49. The monoisotopic (exact) mass is 402 g/mol. The molecule has 1 amide bonds. The molecule has 0 aliphatic rings. The molecule has 0 aliphatic heterocycles. The van der Waals surface area contributed by atoms with Crippen molar-refractivity contribution in [2.45, 2.75) is 31.2 Å². The van der Waals surface area contributed by atoms with Gasteiger partial charge in [-0.05, 0) is 57.2 Å². The Kier molecular flexibility index (Phi) is 5.70. The zero-order valence-electron chi connectivity index (χ0n) is 14.2. The van der Waals surface area contributed by atoms with Crippen molar-refractivity contribution < 1.29 is 22.0 Å². The number of hydrogen-bond acceptors (Lipinski definition) is 3. The Morgan fingerprint density at radius 3 is 2.23 bits per heavy atom. The van der Waals surface area contributed by atoms with E-state index in [2.05, 4.69) is 10.0 Å². The molecule has 0 saturated heterocycles. The third-order valence-electron chi connectivity index (χ3n) is 3.11. The van der Waals surface area contributed by atoms with Crippen LogP contribution in [0.15, 0.2) is 41.3 Å². The fourth-order valence-electron chi connectivity index (χ4n) is 2.08. The smallest absolute Gasteiger partial charge is 0.258 e. The van der Waals surface area contributed by atoms with Crippen LogP contribution in [0.2, 0.25) is 5.02 Å². The Morgan fingerprint density at radius 1 is 1.04 bits per heavy atom. The Morgan fingerprint density at radius 2 is 1.65 bits per heavy atom. The van der Waals surface area contributed by atoms with Crippen molar-refractivity contribution in [3.8, 4) is 0 Å². The van der Waals surface area contributed by atoms with Crippen LogP contribution in [-0.4, -0.2) is 19.9 Å². The SMILES string of the molecule is CC(C)(C)NS(=O)(=O)c1ccc(F)c(C(=O)Nc2ccc(F)c(Cl)c2)c1. The number of anilines is 1. The lowest BCUT2D eigenvalue weighted by atomic mass is 10.1. The summed E-state index contributed by atoms with van der Waals surface area (Å²) in [4.78, 5) is 12.0. The molecule has 0 aromatic heterocycles. The summed E-state index contributed by atoms with van der Waals surface area (Å²) in [5.41, 5.74) is -1.08. The van der Waals surface area contributed by atoms with Gasteiger partial charge >= 0.3 is 0 Å². The van der Waals surface area contributed by atoms with Crippen molar-refractivity contribution in [3.05, 3.63) is 58.6 Å². The highest BCUT2D eigenvalue weighted by molar-refractivity contribution is 7.89. The first-order chi connectivity index (χ1) is 11.9. The van der Waals surface area contributed by atoms with E-state index in [-0.39, 0.29) is 15.6 Å². The maximum absolute atomic E-state index is 14.0. The summed E-state index contributed by atoms with van der Waals surface area (Å²) < 4.78 is 54.3. The van der Waals surface area contributed by atoms with Crippen LogP contribution in [0.5, 0.6) is 0 Å². The molecule has 0 fully saturated rings. The van der Waals surface area contributed by atoms with E-state index in [0.29, 0.717) is 0 Å². The summed E-state index contributed by atoms with van der Waals surface area (Å²) in [5.74, 6) is -2.46. The molecule has 26 heavy (non-hydrogen) atoms. The van der Waals surface area contributed by atoms with Gasteiger partial charge < -0.3 is 5.32 Å². The van der Waals surface area contributed by atoms with Gasteiger partial charge in [-0.1, -0.05) is 11.6 Å². The Bertz CT molecular complexity index is 957. The van der Waals surface area contributed by atoms with Gasteiger partial charge in [0, 0.05) is 11.2 Å². The second-order valence-corrected chi connectivity index (χ2v) is 8.67. The minimum Gasteiger partial charge on any atom is -0.322 e. The van der Waals surface area contributed by atoms with E-state index in [1.165, 1.54) is 6.07 Å². The fourth-order valence-corrected chi connectivity index (χ4v) is 3.70. The molecule has 2 rings (SSSR count). The van der Waals surface area contributed by atoms with Crippen molar-refractivity contribution in [2.75, 3.05) is 5.32 Å². The van der Waals surface area contributed by atoms with Crippen LogP contribution in [0.3, 0.4) is 0 Å². The van der Waals surface area contributed by atoms with Crippen molar-refractivity contribution in [1.29, 1.82) is 0 Å². The van der Waals surface area contributed by atoms with Crippen LogP contribution in [0.25, 0.3) is 0 Å². The molecule has 0 saturated carbocycles. The van der Waals surface area contributed by atoms with E-state index < -0.39 is 38.7 Å². The molecule has 0 atom stereocenters. The summed E-state index contributed by atoms with van der Waals surface area (Å²) in [6.07, 6.45) is 0. The number of rotatable bonds is 4. The summed E-state index contributed by atoms with van der Waals surface area (Å²) in [6.45, 7) is 4.96. The lowest BCUT2D eigenvalue weighted by Gasteiger charge is -2.20. The average Bonchev–Trinajstić information content (AvgIpc) is 2.48. The number of nitrogens with one attached hydrogen (secondary N) is 2. The van der Waals surface area contributed by atoms with E-state index in [9.17, 15) is 22.0 Å². The van der Waals surface area contributed by atoms with Gasteiger partial charge in [-0.3, -0.25) is 4.79 Å². The zero-order chi connectivity index (χ0) is 19.7. The highest BCUT2D eigenvalue weighted by Gasteiger charge is 2.24. The van der Waals surface area contributed by atoms with Gasteiger partial charge in [-0.2, -0.15) is 0 Å². The van der Waals surface area contributed by atoms with E-state index in [1.54, 1.807) is 20.8 Å². The summed E-state index contributed by atoms with van der Waals surface area (Å²) in [5, 5.41) is 2.13. The molecule has 0 radical (unpaired) electrons. The van der Waals surface area contributed by atoms with Crippen LogP contribution < -0.4 is 10.0 Å². The largest absolute Gasteiger partial charge is 0.322 e. The molecule has 2 aromatic rings. The molecule has 140 valence electrons. The molecule has 5 nitrogen and oxygen atoms in total. The number of carbonyl (C=O) groups is 1. The van der Waals surface area contributed by atoms with Crippen LogP contribution in [0, 0.1) is 11.6 Å². The molecule has 0 heterocycles. The number of benzene rings is 2. The minimum absolute atomic E-state index is 0.141. The molecule has 2 N–H and O–H groups in total. The van der Waals surface area contributed by atoms with Gasteiger partial charge in [0.1, 0.15) is 11.6 Å². The maximum Gasteiger partial charge on any atom is 0.258 e. The molecular weight excluding hydrogens is 386 g/mol. The molecule has 2 aromatic carbocycles. The lowest BCUT2D eigenvalue weighted by Crippen LogP contribution is -2.40. The average molecular weight is 403 g/mol. The molecule has 0 unspecified atom stereocenters. The maximum atomic E-state index is 14.0. The van der Waals surface area contributed by atoms with Crippen molar-refractivity contribution in [3.63, 3.8) is 0 Å². The van der Waals surface area contributed by atoms with Gasteiger partial charge in [0.05, 0.1) is 15.5 Å². The highest BCUT2D eigenvalue weighted by Crippen LogP contribution is 2.22. The van der Waals surface area contributed by atoms with Gasteiger partial charge in [0.15, 0.2) is 0 Å². The first-order valence-corrected chi connectivity index (χ1v) is 9.35. The number of sulfonamides is 1. The van der Waals surface area contributed by atoms with Crippen molar-refractivity contribution in [1.82, 2.24) is 4.72 Å². The van der Waals surface area contributed by atoms with Crippen LogP contribution in [-0.2, 0) is 10.0 Å². The Balaban J connectivity index is 2.34. The molecular formula is C17H17ClF2N2O3S. The summed E-state index contributed by atoms with van der Waals surface area (Å²) in [7, 11) is -3.94. The number of amides is 1.